The normalized spacial score (nSPS) is 10.5. The Morgan fingerprint density at radius 3 is 2.63 bits per heavy atom. The van der Waals surface area contributed by atoms with Crippen molar-refractivity contribution < 1.29 is 4.79 Å². The van der Waals surface area contributed by atoms with E-state index in [1.807, 2.05) is 0 Å². The van der Waals surface area contributed by atoms with E-state index in [0.29, 0.717) is 22.2 Å². The number of H-pyrrole nitrogens is 1. The average molecular weight is 298 g/mol. The van der Waals surface area contributed by atoms with Gasteiger partial charge in [-0.2, -0.15) is 0 Å². The number of aromatic nitrogens is 2. The molecule has 4 nitrogen and oxygen atoms in total. The average Bonchev–Trinajstić information content (AvgIpc) is 2.86. The summed E-state index contributed by atoms with van der Waals surface area (Å²) in [6.07, 6.45) is 3.55. The second-order valence-corrected chi connectivity index (χ2v) is 4.98. The summed E-state index contributed by atoms with van der Waals surface area (Å²) in [5.41, 5.74) is 0.655. The summed E-state index contributed by atoms with van der Waals surface area (Å²) < 4.78 is 0. The maximum Gasteiger partial charge on any atom is 0.227 e. The van der Waals surface area contributed by atoms with E-state index in [4.69, 9.17) is 23.2 Å². The first-order valence-corrected chi connectivity index (χ1v) is 6.48. The van der Waals surface area contributed by atoms with Crippen molar-refractivity contribution in [3.63, 3.8) is 0 Å². The Labute approximate surface area is 121 Å². The van der Waals surface area contributed by atoms with Gasteiger partial charge in [-0.25, -0.2) is 4.98 Å². The van der Waals surface area contributed by atoms with Crippen molar-refractivity contribution in [1.82, 2.24) is 14.9 Å². The predicted octanol–water partition coefficient (Wildman–Crippen LogP) is 2.92. The number of benzene rings is 1. The van der Waals surface area contributed by atoms with Crippen LogP contribution in [0, 0.1) is 0 Å². The fourth-order valence-corrected chi connectivity index (χ4v) is 2.22. The van der Waals surface area contributed by atoms with E-state index in [-0.39, 0.29) is 12.3 Å². The highest BCUT2D eigenvalue weighted by molar-refractivity contribution is 6.36. The Morgan fingerprint density at radius 2 is 2.05 bits per heavy atom. The summed E-state index contributed by atoms with van der Waals surface area (Å²) in [7, 11) is 1.72. The highest BCUT2D eigenvalue weighted by atomic mass is 35.5. The predicted molar refractivity (Wildman–Crippen MR) is 75.2 cm³/mol. The number of carbonyl (C=O) groups is 1. The third kappa shape index (κ3) is 3.49. The van der Waals surface area contributed by atoms with Gasteiger partial charge in [-0.15, -0.1) is 0 Å². The lowest BCUT2D eigenvalue weighted by Crippen LogP contribution is -2.28. The van der Waals surface area contributed by atoms with Crippen LogP contribution in [0.3, 0.4) is 0 Å². The molecular formula is C13H13Cl2N3O. The van der Waals surface area contributed by atoms with Crippen LogP contribution in [-0.2, 0) is 17.8 Å². The first-order valence-electron chi connectivity index (χ1n) is 5.73. The SMILES string of the molecule is CN(Cc1ncc[nH]1)C(=O)Cc1c(Cl)cccc1Cl. The van der Waals surface area contributed by atoms with Crippen molar-refractivity contribution in [2.75, 3.05) is 7.05 Å². The standard InChI is InChI=1S/C13H13Cl2N3O/c1-18(8-12-16-5-6-17-12)13(19)7-9-10(14)3-2-4-11(9)15/h2-6H,7-8H2,1H3,(H,16,17). The van der Waals surface area contributed by atoms with E-state index >= 15 is 0 Å². The van der Waals surface area contributed by atoms with Gasteiger partial charge in [0.25, 0.3) is 0 Å². The first-order chi connectivity index (χ1) is 9.08. The molecule has 0 bridgehead atoms. The fraction of sp³-hybridized carbons (Fsp3) is 0.231. The van der Waals surface area contributed by atoms with Gasteiger partial charge in [0, 0.05) is 29.5 Å². The second-order valence-electron chi connectivity index (χ2n) is 4.16. The van der Waals surface area contributed by atoms with E-state index in [0.717, 1.165) is 5.82 Å². The summed E-state index contributed by atoms with van der Waals surface area (Å²) in [4.78, 5) is 20.7. The molecule has 1 aromatic carbocycles. The molecule has 6 heteroatoms. The van der Waals surface area contributed by atoms with Crippen LogP contribution in [-0.4, -0.2) is 27.8 Å². The summed E-state index contributed by atoms with van der Waals surface area (Å²) in [6, 6.07) is 5.20. The molecule has 0 fully saturated rings. The number of amides is 1. The van der Waals surface area contributed by atoms with Crippen molar-refractivity contribution in [2.45, 2.75) is 13.0 Å². The van der Waals surface area contributed by atoms with Gasteiger partial charge in [0.1, 0.15) is 5.82 Å². The Hall–Kier alpha value is -1.52. The van der Waals surface area contributed by atoms with Crippen molar-refractivity contribution in [3.8, 4) is 0 Å². The molecule has 1 amide bonds. The minimum atomic E-state index is -0.0635. The van der Waals surface area contributed by atoms with Gasteiger partial charge in [-0.1, -0.05) is 29.3 Å². The van der Waals surface area contributed by atoms with Crippen molar-refractivity contribution in [3.05, 3.63) is 52.0 Å². The third-order valence-corrected chi connectivity index (χ3v) is 3.47. The minimum absolute atomic E-state index is 0.0635. The molecular weight excluding hydrogens is 285 g/mol. The molecule has 0 aliphatic carbocycles. The molecule has 0 aliphatic heterocycles. The van der Waals surface area contributed by atoms with E-state index in [9.17, 15) is 4.79 Å². The Balaban J connectivity index is 2.04. The topological polar surface area (TPSA) is 49.0 Å². The molecule has 1 heterocycles. The van der Waals surface area contributed by atoms with Gasteiger partial charge in [-0.3, -0.25) is 4.79 Å². The lowest BCUT2D eigenvalue weighted by Gasteiger charge is -2.16. The number of hydrogen-bond acceptors (Lipinski definition) is 2. The molecule has 1 aromatic heterocycles. The molecule has 100 valence electrons. The summed E-state index contributed by atoms with van der Waals surface area (Å²) >= 11 is 12.1. The van der Waals surface area contributed by atoms with Crippen LogP contribution in [0.1, 0.15) is 11.4 Å². The number of nitrogens with one attached hydrogen (secondary N) is 1. The Bertz CT molecular complexity index is 549. The molecule has 1 N–H and O–H groups in total. The van der Waals surface area contributed by atoms with Crippen molar-refractivity contribution in [2.24, 2.45) is 0 Å². The van der Waals surface area contributed by atoms with Crippen LogP contribution in [0.2, 0.25) is 10.0 Å². The molecule has 0 aliphatic rings. The smallest absolute Gasteiger partial charge is 0.227 e. The number of likely N-dealkylation sites (N-methyl/N-ethyl adjacent to an activating group) is 1. The monoisotopic (exact) mass is 297 g/mol. The molecule has 0 atom stereocenters. The maximum absolute atomic E-state index is 12.1. The van der Waals surface area contributed by atoms with Crippen LogP contribution >= 0.6 is 23.2 Å². The minimum Gasteiger partial charge on any atom is -0.347 e. The Kier molecular flexibility index (Phi) is 4.45. The van der Waals surface area contributed by atoms with E-state index in [1.54, 1.807) is 42.5 Å². The molecule has 0 unspecified atom stereocenters. The number of nitrogens with zero attached hydrogens (tertiary/aromatic N) is 2. The zero-order chi connectivity index (χ0) is 13.8. The van der Waals surface area contributed by atoms with Gasteiger partial charge >= 0.3 is 0 Å². The number of rotatable bonds is 4. The molecule has 0 spiro atoms. The van der Waals surface area contributed by atoms with Crippen molar-refractivity contribution >= 4 is 29.1 Å². The third-order valence-electron chi connectivity index (χ3n) is 2.76. The second kappa shape index (κ2) is 6.08. The van der Waals surface area contributed by atoms with Crippen LogP contribution in [0.15, 0.2) is 30.6 Å². The summed E-state index contributed by atoms with van der Waals surface area (Å²) in [5.74, 6) is 0.674. The number of imidazole rings is 1. The molecule has 2 rings (SSSR count). The number of hydrogen-bond donors (Lipinski definition) is 1. The lowest BCUT2D eigenvalue weighted by atomic mass is 10.1. The van der Waals surface area contributed by atoms with Gasteiger partial charge in [0.2, 0.25) is 5.91 Å². The number of aromatic amines is 1. The van der Waals surface area contributed by atoms with Crippen LogP contribution in [0.5, 0.6) is 0 Å². The van der Waals surface area contributed by atoms with Gasteiger partial charge in [0.05, 0.1) is 13.0 Å². The van der Waals surface area contributed by atoms with Gasteiger partial charge in [0.15, 0.2) is 0 Å². The van der Waals surface area contributed by atoms with Gasteiger partial charge < -0.3 is 9.88 Å². The maximum atomic E-state index is 12.1. The molecule has 19 heavy (non-hydrogen) atoms. The molecule has 2 aromatic rings. The Morgan fingerprint density at radius 1 is 1.37 bits per heavy atom. The zero-order valence-corrected chi connectivity index (χ0v) is 11.9. The summed E-state index contributed by atoms with van der Waals surface area (Å²) in [6.45, 7) is 0.425. The molecule has 0 saturated heterocycles. The van der Waals surface area contributed by atoms with Crippen LogP contribution in [0.4, 0.5) is 0 Å². The first kappa shape index (κ1) is 13.9. The van der Waals surface area contributed by atoms with Crippen LogP contribution < -0.4 is 0 Å². The highest BCUT2D eigenvalue weighted by Crippen LogP contribution is 2.25. The largest absolute Gasteiger partial charge is 0.347 e. The molecule has 0 radical (unpaired) electrons. The fourth-order valence-electron chi connectivity index (χ4n) is 1.68. The van der Waals surface area contributed by atoms with Crippen molar-refractivity contribution in [1.29, 1.82) is 0 Å². The lowest BCUT2D eigenvalue weighted by molar-refractivity contribution is -0.129. The summed E-state index contributed by atoms with van der Waals surface area (Å²) in [5, 5.41) is 1.01. The number of carbonyl (C=O) groups excluding carboxylic acids is 1. The molecule has 0 saturated carbocycles. The van der Waals surface area contributed by atoms with E-state index in [2.05, 4.69) is 9.97 Å². The van der Waals surface area contributed by atoms with E-state index < -0.39 is 0 Å². The zero-order valence-electron chi connectivity index (χ0n) is 10.4. The van der Waals surface area contributed by atoms with E-state index in [1.165, 1.54) is 0 Å². The quantitative estimate of drug-likeness (QED) is 0.943. The number of halogens is 2. The van der Waals surface area contributed by atoms with Gasteiger partial charge in [-0.05, 0) is 17.7 Å². The van der Waals surface area contributed by atoms with Crippen LogP contribution in [0.25, 0.3) is 0 Å². The highest BCUT2D eigenvalue weighted by Gasteiger charge is 2.15.